The highest BCUT2D eigenvalue weighted by atomic mass is 32.2. The standard InChI is InChI=1S/C24H29N5O10S/c1-4-36-18(30)8-7-15-11-16(21-25-9-6-10-26-21)13-17(12-15)39-23-20(29(32)33)22(38-14-19(31)37-5-2)27-24(28-23)40(3,34)35/h6,9,11-13,21,25-26H,4-5,7-8,10,14H2,1-3H3. The largest absolute Gasteiger partial charge is 0.466 e. The van der Waals surface area contributed by atoms with Gasteiger partial charge in [0, 0.05) is 19.2 Å². The van der Waals surface area contributed by atoms with Gasteiger partial charge in [0.1, 0.15) is 11.9 Å². The number of benzene rings is 1. The van der Waals surface area contributed by atoms with E-state index in [0.29, 0.717) is 17.7 Å². The molecular formula is C24H29N5O10S. The molecule has 0 bridgehead atoms. The van der Waals surface area contributed by atoms with Gasteiger partial charge in [-0.15, -0.1) is 0 Å². The first-order valence-corrected chi connectivity index (χ1v) is 14.1. The quantitative estimate of drug-likeness (QED) is 0.150. The molecule has 1 atom stereocenters. The number of carbonyl (C=O) groups is 2. The van der Waals surface area contributed by atoms with Crippen molar-refractivity contribution in [1.29, 1.82) is 0 Å². The van der Waals surface area contributed by atoms with E-state index in [4.69, 9.17) is 18.9 Å². The van der Waals surface area contributed by atoms with Crippen molar-refractivity contribution in [3.8, 4) is 17.5 Å². The second-order valence-electron chi connectivity index (χ2n) is 8.32. The number of hydrogen-bond acceptors (Lipinski definition) is 14. The summed E-state index contributed by atoms with van der Waals surface area (Å²) in [4.78, 5) is 42.2. The number of nitro groups is 1. The Morgan fingerprint density at radius 1 is 1.10 bits per heavy atom. The maximum absolute atomic E-state index is 12.3. The number of nitrogens with zero attached hydrogens (tertiary/aromatic N) is 3. The van der Waals surface area contributed by atoms with Crippen LogP contribution < -0.4 is 20.1 Å². The number of esters is 2. The Morgan fingerprint density at radius 3 is 2.42 bits per heavy atom. The van der Waals surface area contributed by atoms with Crippen LogP contribution >= 0.6 is 0 Å². The van der Waals surface area contributed by atoms with Gasteiger partial charge in [-0.2, -0.15) is 9.97 Å². The average molecular weight is 580 g/mol. The highest BCUT2D eigenvalue weighted by Crippen LogP contribution is 2.38. The van der Waals surface area contributed by atoms with Gasteiger partial charge in [-0.25, -0.2) is 13.2 Å². The van der Waals surface area contributed by atoms with E-state index >= 15 is 0 Å². The van der Waals surface area contributed by atoms with Crippen LogP contribution in [0.25, 0.3) is 0 Å². The molecule has 2 heterocycles. The molecule has 2 aromatic rings. The van der Waals surface area contributed by atoms with Gasteiger partial charge in [-0.05, 0) is 49.7 Å². The molecular weight excluding hydrogens is 550 g/mol. The molecule has 15 nitrogen and oxygen atoms in total. The van der Waals surface area contributed by atoms with E-state index in [-0.39, 0.29) is 38.0 Å². The summed E-state index contributed by atoms with van der Waals surface area (Å²) >= 11 is 0. The zero-order valence-corrected chi connectivity index (χ0v) is 22.9. The van der Waals surface area contributed by atoms with Crippen LogP contribution in [0.3, 0.4) is 0 Å². The summed E-state index contributed by atoms with van der Waals surface area (Å²) in [5, 5.41) is 17.5. The maximum Gasteiger partial charge on any atom is 0.392 e. The molecule has 40 heavy (non-hydrogen) atoms. The fourth-order valence-electron chi connectivity index (χ4n) is 3.55. The number of aryl methyl sites for hydroxylation is 1. The molecule has 216 valence electrons. The van der Waals surface area contributed by atoms with Crippen LogP contribution in [-0.2, 0) is 35.3 Å². The van der Waals surface area contributed by atoms with E-state index in [9.17, 15) is 28.1 Å². The first-order valence-electron chi connectivity index (χ1n) is 12.2. The lowest BCUT2D eigenvalue weighted by Gasteiger charge is -2.23. The Kier molecular flexibility index (Phi) is 10.3. The van der Waals surface area contributed by atoms with Gasteiger partial charge in [-0.3, -0.25) is 20.2 Å². The third-order valence-electron chi connectivity index (χ3n) is 5.23. The summed E-state index contributed by atoms with van der Waals surface area (Å²) in [7, 11) is -4.09. The van der Waals surface area contributed by atoms with Crippen molar-refractivity contribution in [3.05, 3.63) is 51.7 Å². The van der Waals surface area contributed by atoms with Crippen molar-refractivity contribution >= 4 is 27.5 Å². The number of hydrogen-bond donors (Lipinski definition) is 2. The lowest BCUT2D eigenvalue weighted by atomic mass is 10.0. The molecule has 0 spiro atoms. The third-order valence-corrected chi connectivity index (χ3v) is 6.07. The Morgan fingerprint density at radius 2 is 1.80 bits per heavy atom. The monoisotopic (exact) mass is 579 g/mol. The molecule has 0 fully saturated rings. The van der Waals surface area contributed by atoms with E-state index < -0.39 is 55.9 Å². The summed E-state index contributed by atoms with van der Waals surface area (Å²) < 4.78 is 45.2. The Balaban J connectivity index is 2.06. The first-order chi connectivity index (χ1) is 19.0. The molecule has 1 aromatic heterocycles. The third kappa shape index (κ3) is 8.34. The van der Waals surface area contributed by atoms with Crippen LogP contribution in [0.5, 0.6) is 17.5 Å². The number of sulfone groups is 1. The van der Waals surface area contributed by atoms with Crippen molar-refractivity contribution in [2.75, 3.05) is 32.6 Å². The zero-order valence-electron chi connectivity index (χ0n) is 22.0. The van der Waals surface area contributed by atoms with E-state index in [0.717, 1.165) is 6.26 Å². The molecule has 16 heteroatoms. The van der Waals surface area contributed by atoms with Gasteiger partial charge in [-0.1, -0.05) is 12.1 Å². The topological polar surface area (TPSA) is 198 Å². The molecule has 2 N–H and O–H groups in total. The number of rotatable bonds is 13. The molecule has 0 aliphatic carbocycles. The van der Waals surface area contributed by atoms with E-state index in [1.807, 2.05) is 12.1 Å². The number of nitrogens with one attached hydrogen (secondary N) is 2. The van der Waals surface area contributed by atoms with Crippen molar-refractivity contribution in [3.63, 3.8) is 0 Å². The summed E-state index contributed by atoms with van der Waals surface area (Å²) in [6, 6.07) is 4.93. The molecule has 1 aliphatic heterocycles. The maximum atomic E-state index is 12.3. The number of aromatic nitrogens is 2. The van der Waals surface area contributed by atoms with Crippen LogP contribution in [-0.4, -0.2) is 67.9 Å². The Hall–Kier alpha value is -4.31. The highest BCUT2D eigenvalue weighted by molar-refractivity contribution is 7.90. The molecule has 0 amide bonds. The normalized spacial score (nSPS) is 14.6. The molecule has 0 radical (unpaired) electrons. The predicted molar refractivity (Wildman–Crippen MR) is 138 cm³/mol. The summed E-state index contributed by atoms with van der Waals surface area (Å²) in [6.45, 7) is 3.32. The molecule has 3 rings (SSSR count). The number of ether oxygens (including phenoxy) is 4. The van der Waals surface area contributed by atoms with Crippen LogP contribution in [0.4, 0.5) is 5.69 Å². The van der Waals surface area contributed by atoms with Crippen LogP contribution in [0.2, 0.25) is 0 Å². The van der Waals surface area contributed by atoms with Crippen LogP contribution in [0, 0.1) is 10.1 Å². The molecule has 1 aromatic carbocycles. The fraction of sp³-hybridized carbons (Fsp3) is 0.417. The Labute approximate surface area is 229 Å². The smallest absolute Gasteiger partial charge is 0.392 e. The van der Waals surface area contributed by atoms with Gasteiger partial charge >= 0.3 is 29.4 Å². The van der Waals surface area contributed by atoms with Gasteiger partial charge < -0.3 is 24.3 Å². The van der Waals surface area contributed by atoms with Crippen molar-refractivity contribution in [2.24, 2.45) is 0 Å². The Bertz CT molecular complexity index is 1400. The van der Waals surface area contributed by atoms with Gasteiger partial charge in [0.15, 0.2) is 6.61 Å². The summed E-state index contributed by atoms with van der Waals surface area (Å²) in [5.74, 6) is -2.70. The average Bonchev–Trinajstić information content (AvgIpc) is 2.90. The summed E-state index contributed by atoms with van der Waals surface area (Å²) in [6.07, 6.45) is 4.40. The van der Waals surface area contributed by atoms with Crippen LogP contribution in [0.15, 0.2) is 35.6 Å². The van der Waals surface area contributed by atoms with Crippen molar-refractivity contribution in [1.82, 2.24) is 20.6 Å². The van der Waals surface area contributed by atoms with Gasteiger partial charge in [0.05, 0.1) is 18.1 Å². The molecule has 0 saturated heterocycles. The van der Waals surface area contributed by atoms with Crippen molar-refractivity contribution in [2.45, 2.75) is 38.0 Å². The summed E-state index contributed by atoms with van der Waals surface area (Å²) in [5.41, 5.74) is 0.407. The van der Waals surface area contributed by atoms with E-state index in [2.05, 4.69) is 20.6 Å². The highest BCUT2D eigenvalue weighted by Gasteiger charge is 2.32. The fourth-order valence-corrected chi connectivity index (χ4v) is 4.05. The zero-order chi connectivity index (χ0) is 29.3. The second-order valence-corrected chi connectivity index (χ2v) is 10.2. The first kappa shape index (κ1) is 30.2. The SMILES string of the molecule is CCOC(=O)CCc1cc(Oc2nc(S(C)(=O)=O)nc(OCC(=O)OCC)c2[N+](=O)[O-])cc(C2NC=CCN2)c1. The molecule has 0 saturated carbocycles. The lowest BCUT2D eigenvalue weighted by molar-refractivity contribution is -0.387. The lowest BCUT2D eigenvalue weighted by Crippen LogP contribution is -2.34. The predicted octanol–water partition coefficient (Wildman–Crippen LogP) is 1.72. The minimum Gasteiger partial charge on any atom is -0.466 e. The van der Waals surface area contributed by atoms with Crippen LogP contribution in [0.1, 0.15) is 37.6 Å². The number of carbonyl (C=O) groups excluding carboxylic acids is 2. The van der Waals surface area contributed by atoms with E-state index in [1.165, 1.54) is 6.07 Å². The minimum absolute atomic E-state index is 0.0341. The van der Waals surface area contributed by atoms with Crippen molar-refractivity contribution < 1.29 is 41.9 Å². The second kappa shape index (κ2) is 13.7. The molecule has 1 aliphatic rings. The molecule has 1 unspecified atom stereocenters. The minimum atomic E-state index is -4.09. The van der Waals surface area contributed by atoms with Gasteiger partial charge in [0.25, 0.3) is 5.16 Å². The van der Waals surface area contributed by atoms with Gasteiger partial charge in [0.2, 0.25) is 9.84 Å². The van der Waals surface area contributed by atoms with E-state index in [1.54, 1.807) is 26.1 Å².